The number of halogens is 2. The lowest BCUT2D eigenvalue weighted by Crippen LogP contribution is -2.15. The van der Waals surface area contributed by atoms with E-state index in [0.29, 0.717) is 18.0 Å². The second kappa shape index (κ2) is 10.7. The molecule has 9 heteroatoms. The first-order valence-electron chi connectivity index (χ1n) is 11.3. The summed E-state index contributed by atoms with van der Waals surface area (Å²) in [6, 6.07) is 22.4. The summed E-state index contributed by atoms with van der Waals surface area (Å²) in [6.45, 7) is -0.150. The van der Waals surface area contributed by atoms with Crippen molar-refractivity contribution in [1.82, 2.24) is 4.68 Å². The van der Waals surface area contributed by atoms with E-state index in [0.717, 1.165) is 33.8 Å². The molecule has 5 rings (SSSR count). The zero-order valence-electron chi connectivity index (χ0n) is 19.4. The molecule has 0 atom stereocenters. The second-order valence-corrected chi connectivity index (χ2v) is 8.83. The molecule has 6 nitrogen and oxygen atoms in total. The highest BCUT2D eigenvalue weighted by atomic mass is 32.1. The Bertz CT molecular complexity index is 1430. The van der Waals surface area contributed by atoms with E-state index < -0.39 is 6.61 Å². The van der Waals surface area contributed by atoms with Gasteiger partial charge in [0.05, 0.1) is 11.4 Å². The Kier molecular flexibility index (Phi) is 7.08. The largest absolute Gasteiger partial charge is 0.454 e. The fraction of sp³-hybridized carbons (Fsp3) is 0.185. The van der Waals surface area contributed by atoms with Crippen molar-refractivity contribution in [3.05, 3.63) is 94.1 Å². The van der Waals surface area contributed by atoms with Crippen LogP contribution in [0, 0.1) is 0 Å². The smallest absolute Gasteiger partial charge is 0.387 e. The maximum absolute atomic E-state index is 12.6. The average molecular weight is 508 g/mol. The van der Waals surface area contributed by atoms with Crippen molar-refractivity contribution in [2.45, 2.75) is 20.0 Å². The van der Waals surface area contributed by atoms with E-state index >= 15 is 0 Å². The molecule has 0 bridgehead atoms. The van der Waals surface area contributed by atoms with Crippen molar-refractivity contribution < 1.29 is 23.0 Å². The van der Waals surface area contributed by atoms with Crippen LogP contribution in [0.25, 0.3) is 11.3 Å². The lowest BCUT2D eigenvalue weighted by Gasteiger charge is -2.08. The molecule has 0 unspecified atom stereocenters. The fourth-order valence-corrected chi connectivity index (χ4v) is 4.62. The summed E-state index contributed by atoms with van der Waals surface area (Å²) in [5.74, 6) is 1.49. The number of benzene rings is 3. The zero-order chi connectivity index (χ0) is 24.9. The van der Waals surface area contributed by atoms with Crippen molar-refractivity contribution >= 4 is 17.0 Å². The molecule has 1 aliphatic heterocycles. The zero-order valence-corrected chi connectivity index (χ0v) is 20.3. The number of thiazole rings is 1. The Hall–Kier alpha value is -3.98. The van der Waals surface area contributed by atoms with Crippen molar-refractivity contribution in [3.8, 4) is 28.5 Å². The quantitative estimate of drug-likeness (QED) is 0.277. The van der Waals surface area contributed by atoms with Crippen LogP contribution < -0.4 is 19.0 Å². The third-order valence-corrected chi connectivity index (χ3v) is 6.45. The predicted molar refractivity (Wildman–Crippen MR) is 135 cm³/mol. The monoisotopic (exact) mass is 507 g/mol. The first-order chi connectivity index (χ1) is 17.6. The number of hydrogen-bond acceptors (Lipinski definition) is 6. The number of ether oxygens (including phenoxy) is 3. The molecule has 4 aromatic rings. The van der Waals surface area contributed by atoms with Crippen molar-refractivity contribution in [1.29, 1.82) is 0 Å². The van der Waals surface area contributed by atoms with Gasteiger partial charge in [0, 0.05) is 23.1 Å². The number of nitrogens with zero attached hydrogens (tertiary/aromatic N) is 3. The van der Waals surface area contributed by atoms with Crippen LogP contribution in [0.15, 0.2) is 88.3 Å². The molecule has 0 fully saturated rings. The van der Waals surface area contributed by atoms with E-state index in [2.05, 4.69) is 16.9 Å². The number of fused-ring (bicyclic) bond motifs is 1. The second-order valence-electron chi connectivity index (χ2n) is 7.99. The standard InChI is InChI=1S/C27H23F2N3O3S/c1-18(21-9-12-24-25(15-21)34-17-33-24)31-32-23(20-7-10-22(11-8-20)35-26(28)29)16-36-27(32)30-14-13-19-5-3-2-4-6-19/h2-12,15-16,26H,13-14,17H2,1H3/b30-27?,31-18+. The van der Waals surface area contributed by atoms with Gasteiger partial charge in [-0.15, -0.1) is 11.3 Å². The molecular formula is C27H23F2N3O3S. The minimum atomic E-state index is -2.87. The molecule has 3 aromatic carbocycles. The summed E-state index contributed by atoms with van der Waals surface area (Å²) < 4.78 is 42.3. The van der Waals surface area contributed by atoms with E-state index in [4.69, 9.17) is 19.6 Å². The Balaban J connectivity index is 1.50. The van der Waals surface area contributed by atoms with Crippen molar-refractivity contribution in [2.75, 3.05) is 13.3 Å². The maximum Gasteiger partial charge on any atom is 0.387 e. The van der Waals surface area contributed by atoms with E-state index in [1.807, 2.05) is 48.7 Å². The maximum atomic E-state index is 12.6. The van der Waals surface area contributed by atoms with Gasteiger partial charge >= 0.3 is 6.61 Å². The molecule has 2 heterocycles. The summed E-state index contributed by atoms with van der Waals surface area (Å²) in [6.07, 6.45) is 0.804. The van der Waals surface area contributed by atoms with Crippen LogP contribution in [0.4, 0.5) is 8.78 Å². The molecule has 36 heavy (non-hydrogen) atoms. The van der Waals surface area contributed by atoms with Gasteiger partial charge in [-0.3, -0.25) is 4.99 Å². The molecule has 0 aliphatic carbocycles. The Morgan fingerprint density at radius 2 is 1.81 bits per heavy atom. The first kappa shape index (κ1) is 23.7. The normalized spacial score (nSPS) is 13.4. The molecule has 0 saturated heterocycles. The van der Waals surface area contributed by atoms with Crippen LogP contribution >= 0.6 is 11.3 Å². The van der Waals surface area contributed by atoms with Crippen molar-refractivity contribution in [2.24, 2.45) is 10.1 Å². The number of rotatable bonds is 8. The molecule has 184 valence electrons. The molecule has 0 spiro atoms. The summed E-state index contributed by atoms with van der Waals surface area (Å²) in [5, 5.41) is 6.85. The third-order valence-electron chi connectivity index (χ3n) is 5.59. The Labute approximate surface area is 210 Å². The summed E-state index contributed by atoms with van der Waals surface area (Å²) in [7, 11) is 0. The summed E-state index contributed by atoms with van der Waals surface area (Å²) >= 11 is 1.47. The van der Waals surface area contributed by atoms with Gasteiger partial charge in [-0.2, -0.15) is 13.9 Å². The predicted octanol–water partition coefficient (Wildman–Crippen LogP) is 5.96. The third kappa shape index (κ3) is 5.46. The molecule has 0 N–H and O–H groups in total. The highest BCUT2D eigenvalue weighted by Gasteiger charge is 2.15. The van der Waals surface area contributed by atoms with Gasteiger partial charge in [-0.05, 0) is 61.4 Å². The van der Waals surface area contributed by atoms with Gasteiger partial charge < -0.3 is 14.2 Å². The van der Waals surface area contributed by atoms with Crippen LogP contribution in [0.1, 0.15) is 18.1 Å². The SMILES string of the molecule is C/C(=N\n1c(-c2ccc(OC(F)F)cc2)csc1=NCCc1ccccc1)c1ccc2c(c1)OCO2. The number of aromatic nitrogens is 1. The van der Waals surface area contributed by atoms with Gasteiger partial charge in [-0.25, -0.2) is 4.68 Å². The summed E-state index contributed by atoms with van der Waals surface area (Å²) in [5.41, 5.74) is 4.45. The minimum Gasteiger partial charge on any atom is -0.454 e. The highest BCUT2D eigenvalue weighted by molar-refractivity contribution is 7.07. The van der Waals surface area contributed by atoms with Crippen molar-refractivity contribution in [3.63, 3.8) is 0 Å². The molecule has 0 amide bonds. The van der Waals surface area contributed by atoms with E-state index in [-0.39, 0.29) is 12.5 Å². The molecular weight excluding hydrogens is 484 g/mol. The lowest BCUT2D eigenvalue weighted by atomic mass is 10.1. The summed E-state index contributed by atoms with van der Waals surface area (Å²) in [4.78, 5) is 5.55. The van der Waals surface area contributed by atoms with Crippen LogP contribution in [0.2, 0.25) is 0 Å². The van der Waals surface area contributed by atoms with Gasteiger partial charge in [0.2, 0.25) is 11.6 Å². The average Bonchev–Trinajstić information content (AvgIpc) is 3.51. The van der Waals surface area contributed by atoms with Gasteiger partial charge in [0.15, 0.2) is 11.5 Å². The number of hydrogen-bond donors (Lipinski definition) is 0. The highest BCUT2D eigenvalue weighted by Crippen LogP contribution is 2.33. The van der Waals surface area contributed by atoms with Gasteiger partial charge in [0.25, 0.3) is 0 Å². The fourth-order valence-electron chi connectivity index (χ4n) is 3.76. The van der Waals surface area contributed by atoms with Crippen LogP contribution in [0.3, 0.4) is 0 Å². The lowest BCUT2D eigenvalue weighted by molar-refractivity contribution is -0.0498. The molecule has 0 saturated carbocycles. The van der Waals surface area contributed by atoms with E-state index in [1.165, 1.54) is 29.0 Å². The Morgan fingerprint density at radius 1 is 1.03 bits per heavy atom. The first-order valence-corrected chi connectivity index (χ1v) is 12.2. The van der Waals surface area contributed by atoms with Crippen LogP contribution in [0.5, 0.6) is 17.2 Å². The van der Waals surface area contributed by atoms with E-state index in [1.54, 1.807) is 16.8 Å². The topological polar surface area (TPSA) is 57.3 Å². The molecule has 1 aliphatic rings. The van der Waals surface area contributed by atoms with Gasteiger partial charge in [-0.1, -0.05) is 30.3 Å². The van der Waals surface area contributed by atoms with Crippen LogP contribution in [-0.2, 0) is 6.42 Å². The molecule has 0 radical (unpaired) electrons. The minimum absolute atomic E-state index is 0.100. The molecule has 1 aromatic heterocycles. The van der Waals surface area contributed by atoms with Crippen LogP contribution in [-0.4, -0.2) is 30.3 Å². The Morgan fingerprint density at radius 3 is 2.58 bits per heavy atom. The number of alkyl halides is 2. The van der Waals surface area contributed by atoms with E-state index in [9.17, 15) is 8.78 Å². The van der Waals surface area contributed by atoms with Gasteiger partial charge in [0.1, 0.15) is 5.75 Å².